The smallest absolute Gasteiger partial charge is 0.376 e. The van der Waals surface area contributed by atoms with Crippen LogP contribution in [0.15, 0.2) is 48.7 Å². The fourth-order valence-electron chi connectivity index (χ4n) is 3.13. The Balaban J connectivity index is 2.14. The number of hydrogen-bond acceptors (Lipinski definition) is 4. The number of nitrogens with zero attached hydrogens (tertiary/aromatic N) is 1. The second kappa shape index (κ2) is 6.99. The van der Waals surface area contributed by atoms with Crippen LogP contribution in [0.25, 0.3) is 16.7 Å². The molecule has 0 saturated carbocycles. The van der Waals surface area contributed by atoms with Crippen LogP contribution in [0.5, 0.6) is 5.75 Å². The summed E-state index contributed by atoms with van der Waals surface area (Å²) < 4.78 is 1.84. The molecule has 2 aromatic carbocycles. The molecule has 0 saturated heterocycles. The molecule has 138 valence electrons. The van der Waals surface area contributed by atoms with Crippen molar-refractivity contribution in [3.05, 3.63) is 70.9 Å². The summed E-state index contributed by atoms with van der Waals surface area (Å²) >= 11 is 0. The Labute approximate surface area is 155 Å². The molecule has 0 aliphatic carbocycles. The molecule has 3 rings (SSSR count). The normalized spacial score (nSPS) is 11.7. The highest BCUT2D eigenvalue weighted by atomic mass is 16.4. The molecule has 0 bridgehead atoms. The molecule has 0 atom stereocenters. The number of aromatic hydroxyl groups is 1. The minimum absolute atomic E-state index is 0.0652. The number of aryl methyl sites for hydroxylation is 2. The molecular weight excluding hydrogens is 346 g/mol. The van der Waals surface area contributed by atoms with E-state index in [0.29, 0.717) is 23.5 Å². The summed E-state index contributed by atoms with van der Waals surface area (Å²) in [4.78, 5) is 22.2. The number of aliphatic hydroxyl groups is 1. The van der Waals surface area contributed by atoms with Crippen molar-refractivity contribution < 1.29 is 24.9 Å². The number of phenolic OH excluding ortho intramolecular Hbond substituents is 1. The minimum atomic E-state index is -1.66. The van der Waals surface area contributed by atoms with Gasteiger partial charge in [-0.05, 0) is 37.1 Å². The number of phenols is 1. The maximum Gasteiger partial charge on any atom is 0.376 e. The Bertz CT molecular complexity index is 1090. The topological polar surface area (TPSA) is 99.8 Å². The highest BCUT2D eigenvalue weighted by Crippen LogP contribution is 2.33. The molecule has 3 aromatic rings. The molecule has 0 spiro atoms. The van der Waals surface area contributed by atoms with Gasteiger partial charge >= 0.3 is 5.97 Å². The number of fused-ring (bicyclic) bond motifs is 1. The molecule has 0 amide bonds. The van der Waals surface area contributed by atoms with Gasteiger partial charge in [0, 0.05) is 24.4 Å². The first-order valence-electron chi connectivity index (χ1n) is 8.33. The summed E-state index contributed by atoms with van der Waals surface area (Å²) in [5, 5.41) is 29.6. The molecule has 1 aromatic heterocycles. The number of carbonyl (C=O) groups is 2. The maximum atomic E-state index is 11.4. The van der Waals surface area contributed by atoms with Crippen molar-refractivity contribution in [3.8, 4) is 5.75 Å². The maximum absolute atomic E-state index is 11.4. The van der Waals surface area contributed by atoms with Crippen molar-refractivity contribution in [2.75, 3.05) is 0 Å². The van der Waals surface area contributed by atoms with E-state index >= 15 is 0 Å². The zero-order valence-electron chi connectivity index (χ0n) is 14.9. The van der Waals surface area contributed by atoms with Gasteiger partial charge in [0.2, 0.25) is 0 Å². The first-order valence-corrected chi connectivity index (χ1v) is 8.33. The molecule has 0 fully saturated rings. The predicted octanol–water partition coefficient (Wildman–Crippen LogP) is 3.56. The third-order valence-electron chi connectivity index (χ3n) is 4.48. The highest BCUT2D eigenvalue weighted by molar-refractivity contribution is 6.38. The van der Waals surface area contributed by atoms with E-state index in [1.807, 2.05) is 30.5 Å². The standard InChI is InChI=1S/C21H19NO5/c1-12-6-7-14(13(2)8-12)10-22-11-15(18(24)9-19(25)21(26)27)20-16(22)4-3-5-17(20)23/h3-9,11,23-24H,10H2,1-2H3,(H,26,27)/b18-9-. The van der Waals surface area contributed by atoms with Gasteiger partial charge in [-0.25, -0.2) is 4.79 Å². The average molecular weight is 365 g/mol. The fraction of sp³-hybridized carbons (Fsp3) is 0.143. The lowest BCUT2D eigenvalue weighted by atomic mass is 10.1. The number of hydrogen-bond donors (Lipinski definition) is 3. The highest BCUT2D eigenvalue weighted by Gasteiger charge is 2.18. The molecule has 0 unspecified atom stereocenters. The summed E-state index contributed by atoms with van der Waals surface area (Å²) in [5.74, 6) is -3.47. The number of carboxylic acid groups (broad SMARTS) is 1. The number of rotatable bonds is 5. The van der Waals surface area contributed by atoms with Gasteiger partial charge in [-0.15, -0.1) is 0 Å². The first-order chi connectivity index (χ1) is 12.8. The quantitative estimate of drug-likeness (QED) is 0.365. The molecule has 6 nitrogen and oxygen atoms in total. The summed E-state index contributed by atoms with van der Waals surface area (Å²) in [6.07, 6.45) is 2.25. The third-order valence-corrected chi connectivity index (χ3v) is 4.48. The van der Waals surface area contributed by atoms with Crippen LogP contribution in [-0.2, 0) is 16.1 Å². The first kappa shape index (κ1) is 18.3. The molecule has 0 radical (unpaired) electrons. The molecule has 1 heterocycles. The van der Waals surface area contributed by atoms with Crippen LogP contribution in [0.2, 0.25) is 0 Å². The SMILES string of the molecule is Cc1ccc(Cn2cc(/C(O)=C/C(=O)C(=O)O)c3c(O)cccc32)c(C)c1. The van der Waals surface area contributed by atoms with Gasteiger partial charge in [0.1, 0.15) is 11.5 Å². The third kappa shape index (κ3) is 3.55. The van der Waals surface area contributed by atoms with Crippen LogP contribution >= 0.6 is 0 Å². The van der Waals surface area contributed by atoms with Gasteiger partial charge < -0.3 is 19.9 Å². The molecule has 27 heavy (non-hydrogen) atoms. The van der Waals surface area contributed by atoms with E-state index in [9.17, 15) is 19.8 Å². The van der Waals surface area contributed by atoms with Crippen molar-refractivity contribution in [2.45, 2.75) is 20.4 Å². The summed E-state index contributed by atoms with van der Waals surface area (Å²) in [6, 6.07) is 11.0. The van der Waals surface area contributed by atoms with Crippen molar-refractivity contribution >= 4 is 28.4 Å². The number of aliphatic hydroxyl groups excluding tert-OH is 1. The van der Waals surface area contributed by atoms with E-state index in [1.165, 1.54) is 6.07 Å². The Hall–Kier alpha value is -3.54. The molecular formula is C21H19NO5. The van der Waals surface area contributed by atoms with E-state index in [1.54, 1.807) is 18.3 Å². The van der Waals surface area contributed by atoms with Crippen LogP contribution in [-0.4, -0.2) is 31.6 Å². The van der Waals surface area contributed by atoms with Crippen LogP contribution in [0.4, 0.5) is 0 Å². The summed E-state index contributed by atoms with van der Waals surface area (Å²) in [7, 11) is 0. The van der Waals surface area contributed by atoms with E-state index in [0.717, 1.165) is 16.7 Å². The van der Waals surface area contributed by atoms with Crippen LogP contribution in [0, 0.1) is 13.8 Å². The van der Waals surface area contributed by atoms with Crippen molar-refractivity contribution in [1.29, 1.82) is 0 Å². The van der Waals surface area contributed by atoms with Crippen LogP contribution < -0.4 is 0 Å². The largest absolute Gasteiger partial charge is 0.507 e. The second-order valence-electron chi connectivity index (χ2n) is 6.47. The van der Waals surface area contributed by atoms with Gasteiger partial charge in [0.15, 0.2) is 0 Å². The molecule has 0 aliphatic heterocycles. The van der Waals surface area contributed by atoms with Crippen molar-refractivity contribution in [1.82, 2.24) is 4.57 Å². The van der Waals surface area contributed by atoms with Crippen molar-refractivity contribution in [2.24, 2.45) is 0 Å². The van der Waals surface area contributed by atoms with E-state index < -0.39 is 17.5 Å². The van der Waals surface area contributed by atoms with Crippen LogP contribution in [0.1, 0.15) is 22.3 Å². The molecule has 6 heteroatoms. The Morgan fingerprint density at radius 2 is 1.85 bits per heavy atom. The summed E-state index contributed by atoms with van der Waals surface area (Å²) in [6.45, 7) is 4.52. The minimum Gasteiger partial charge on any atom is -0.507 e. The van der Waals surface area contributed by atoms with Gasteiger partial charge in [-0.3, -0.25) is 4.79 Å². The number of aromatic nitrogens is 1. The van der Waals surface area contributed by atoms with Gasteiger partial charge in [-0.1, -0.05) is 29.8 Å². The number of ketones is 1. The van der Waals surface area contributed by atoms with Gasteiger partial charge in [0.05, 0.1) is 10.9 Å². The second-order valence-corrected chi connectivity index (χ2v) is 6.47. The van der Waals surface area contributed by atoms with Crippen LogP contribution in [0.3, 0.4) is 0 Å². The number of aliphatic carboxylic acids is 1. The van der Waals surface area contributed by atoms with Crippen molar-refractivity contribution in [3.63, 3.8) is 0 Å². The molecule has 3 N–H and O–H groups in total. The average Bonchev–Trinajstić information content (AvgIpc) is 2.97. The number of carboxylic acids is 1. The Morgan fingerprint density at radius 3 is 2.52 bits per heavy atom. The van der Waals surface area contributed by atoms with Gasteiger partial charge in [-0.2, -0.15) is 0 Å². The monoisotopic (exact) mass is 365 g/mol. The Kier molecular flexibility index (Phi) is 4.73. The number of carbonyl (C=O) groups excluding carboxylic acids is 1. The van der Waals surface area contributed by atoms with E-state index in [4.69, 9.17) is 5.11 Å². The lowest BCUT2D eigenvalue weighted by molar-refractivity contribution is -0.146. The fourth-order valence-corrected chi connectivity index (χ4v) is 3.13. The lowest BCUT2D eigenvalue weighted by Gasteiger charge is -2.09. The molecule has 0 aliphatic rings. The Morgan fingerprint density at radius 1 is 1.11 bits per heavy atom. The number of benzene rings is 2. The summed E-state index contributed by atoms with van der Waals surface area (Å²) in [5.41, 5.74) is 4.19. The predicted molar refractivity (Wildman–Crippen MR) is 102 cm³/mol. The van der Waals surface area contributed by atoms with E-state index in [-0.39, 0.29) is 11.3 Å². The zero-order chi connectivity index (χ0) is 19.7. The van der Waals surface area contributed by atoms with E-state index in [2.05, 4.69) is 6.07 Å². The zero-order valence-corrected chi connectivity index (χ0v) is 14.9. The lowest BCUT2D eigenvalue weighted by Crippen LogP contribution is -2.09. The van der Waals surface area contributed by atoms with Gasteiger partial charge in [0.25, 0.3) is 5.78 Å².